The van der Waals surface area contributed by atoms with Crippen molar-refractivity contribution >= 4 is 17.4 Å². The molecule has 0 spiro atoms. The summed E-state index contributed by atoms with van der Waals surface area (Å²) < 4.78 is 21.5. The lowest BCUT2D eigenvalue weighted by molar-refractivity contribution is 0.0934. The quantitative estimate of drug-likeness (QED) is 0.739. The topological polar surface area (TPSA) is 81.6 Å². The number of pyridine rings is 1. The zero-order valence-corrected chi connectivity index (χ0v) is 15.0. The zero-order chi connectivity index (χ0) is 19.0. The van der Waals surface area contributed by atoms with Crippen LogP contribution in [-0.4, -0.2) is 28.4 Å². The Morgan fingerprint density at radius 2 is 2.07 bits per heavy atom. The lowest BCUT2D eigenvalue weighted by atomic mass is 10.1. The number of carbonyl (C=O) groups excluding carboxylic acids is 1. The number of methoxy groups -OCH3 is 1. The Morgan fingerprint density at radius 1 is 1.30 bits per heavy atom. The number of benzene rings is 1. The molecule has 1 saturated carbocycles. The van der Waals surface area contributed by atoms with Crippen molar-refractivity contribution in [3.8, 4) is 16.9 Å². The van der Waals surface area contributed by atoms with E-state index in [0.717, 1.165) is 25.7 Å². The van der Waals surface area contributed by atoms with Crippen LogP contribution in [0.5, 0.6) is 5.75 Å². The van der Waals surface area contributed by atoms with E-state index in [2.05, 4.69) is 10.3 Å². The third kappa shape index (κ3) is 2.99. The minimum Gasteiger partial charge on any atom is -0.496 e. The molecule has 1 aliphatic carbocycles. The third-order valence-corrected chi connectivity index (χ3v) is 5.06. The van der Waals surface area contributed by atoms with Crippen molar-refractivity contribution in [2.45, 2.75) is 31.7 Å². The molecule has 1 aromatic carbocycles. The Morgan fingerprint density at radius 3 is 2.81 bits per heavy atom. The maximum atomic E-state index is 14.6. The maximum absolute atomic E-state index is 14.6. The SMILES string of the molecule is COc1cccc(F)c1-c1cccn2c(N)c(C(=O)NC3CCCC3)nc12. The Kier molecular flexibility index (Phi) is 4.43. The van der Waals surface area contributed by atoms with E-state index in [9.17, 15) is 9.18 Å². The molecule has 0 radical (unpaired) electrons. The number of rotatable bonds is 4. The number of imidazole rings is 1. The van der Waals surface area contributed by atoms with Gasteiger partial charge in [0.25, 0.3) is 5.91 Å². The zero-order valence-electron chi connectivity index (χ0n) is 15.0. The lowest BCUT2D eigenvalue weighted by Gasteiger charge is -2.10. The van der Waals surface area contributed by atoms with Crippen LogP contribution in [0, 0.1) is 5.82 Å². The molecule has 4 rings (SSSR count). The lowest BCUT2D eigenvalue weighted by Crippen LogP contribution is -2.33. The smallest absolute Gasteiger partial charge is 0.273 e. The molecule has 1 amide bonds. The van der Waals surface area contributed by atoms with E-state index in [1.807, 2.05) is 0 Å². The van der Waals surface area contributed by atoms with E-state index in [4.69, 9.17) is 10.5 Å². The number of nitrogen functional groups attached to an aromatic ring is 1. The summed E-state index contributed by atoms with van der Waals surface area (Å²) in [5.41, 5.74) is 7.56. The van der Waals surface area contributed by atoms with Crippen LogP contribution in [-0.2, 0) is 0 Å². The molecule has 6 nitrogen and oxygen atoms in total. The summed E-state index contributed by atoms with van der Waals surface area (Å²) in [5.74, 6) is -0.102. The predicted octanol–water partition coefficient (Wildman–Crippen LogP) is 3.40. The second-order valence-electron chi connectivity index (χ2n) is 6.73. The van der Waals surface area contributed by atoms with Crippen molar-refractivity contribution in [2.24, 2.45) is 0 Å². The monoisotopic (exact) mass is 368 g/mol. The normalized spacial score (nSPS) is 14.6. The molecular weight excluding hydrogens is 347 g/mol. The van der Waals surface area contributed by atoms with Crippen LogP contribution in [0.4, 0.5) is 10.2 Å². The predicted molar refractivity (Wildman–Crippen MR) is 101 cm³/mol. The molecule has 0 saturated heterocycles. The molecule has 7 heteroatoms. The molecule has 0 bridgehead atoms. The van der Waals surface area contributed by atoms with Crippen molar-refractivity contribution in [1.29, 1.82) is 0 Å². The van der Waals surface area contributed by atoms with Gasteiger partial charge in [0.1, 0.15) is 23.0 Å². The number of fused-ring (bicyclic) bond motifs is 1. The fourth-order valence-electron chi connectivity index (χ4n) is 3.71. The van der Waals surface area contributed by atoms with Crippen LogP contribution in [0.1, 0.15) is 36.2 Å². The number of anilines is 1. The van der Waals surface area contributed by atoms with Gasteiger partial charge in [-0.25, -0.2) is 9.37 Å². The van der Waals surface area contributed by atoms with Crippen molar-refractivity contribution in [1.82, 2.24) is 14.7 Å². The molecule has 1 fully saturated rings. The highest BCUT2D eigenvalue weighted by molar-refractivity contribution is 5.99. The van der Waals surface area contributed by atoms with E-state index < -0.39 is 5.82 Å². The first-order chi connectivity index (χ1) is 13.1. The van der Waals surface area contributed by atoms with Gasteiger partial charge in [0.05, 0.1) is 12.7 Å². The molecular formula is C20H21FN4O2. The van der Waals surface area contributed by atoms with Crippen molar-refractivity contribution < 1.29 is 13.9 Å². The third-order valence-electron chi connectivity index (χ3n) is 5.06. The van der Waals surface area contributed by atoms with Crippen LogP contribution in [0.25, 0.3) is 16.8 Å². The maximum Gasteiger partial charge on any atom is 0.273 e. The molecule has 2 aromatic heterocycles. The number of aromatic nitrogens is 2. The Hall–Kier alpha value is -3.09. The van der Waals surface area contributed by atoms with Gasteiger partial charge >= 0.3 is 0 Å². The summed E-state index contributed by atoms with van der Waals surface area (Å²) in [6, 6.07) is 8.26. The molecule has 27 heavy (non-hydrogen) atoms. The largest absolute Gasteiger partial charge is 0.496 e. The number of nitrogens with zero attached hydrogens (tertiary/aromatic N) is 2. The van der Waals surface area contributed by atoms with Crippen molar-refractivity contribution in [2.75, 3.05) is 12.8 Å². The summed E-state index contributed by atoms with van der Waals surface area (Å²) >= 11 is 0. The molecule has 2 heterocycles. The minimum absolute atomic E-state index is 0.157. The van der Waals surface area contributed by atoms with Crippen molar-refractivity contribution in [3.05, 3.63) is 48.0 Å². The van der Waals surface area contributed by atoms with Crippen LogP contribution in [0.2, 0.25) is 0 Å². The van der Waals surface area contributed by atoms with Gasteiger partial charge in [0, 0.05) is 17.8 Å². The summed E-state index contributed by atoms with van der Waals surface area (Å²) in [7, 11) is 1.48. The Balaban J connectivity index is 1.82. The number of ether oxygens (including phenoxy) is 1. The molecule has 0 atom stereocenters. The van der Waals surface area contributed by atoms with Gasteiger partial charge in [-0.1, -0.05) is 18.9 Å². The van der Waals surface area contributed by atoms with Gasteiger partial charge < -0.3 is 15.8 Å². The first kappa shape index (κ1) is 17.3. The summed E-state index contributed by atoms with van der Waals surface area (Å²) in [6.07, 6.45) is 5.87. The van der Waals surface area contributed by atoms with E-state index in [0.29, 0.717) is 22.5 Å². The highest BCUT2D eigenvalue weighted by Crippen LogP contribution is 2.35. The van der Waals surface area contributed by atoms with Gasteiger partial charge in [0.15, 0.2) is 5.69 Å². The molecule has 140 valence electrons. The molecule has 0 unspecified atom stereocenters. The number of halogens is 1. The summed E-state index contributed by atoms with van der Waals surface area (Å²) in [4.78, 5) is 17.1. The van der Waals surface area contributed by atoms with E-state index >= 15 is 0 Å². The number of hydrogen-bond acceptors (Lipinski definition) is 4. The molecule has 3 N–H and O–H groups in total. The fourth-order valence-corrected chi connectivity index (χ4v) is 3.71. The van der Waals surface area contributed by atoms with Gasteiger partial charge in [-0.2, -0.15) is 0 Å². The van der Waals surface area contributed by atoms with Crippen LogP contribution < -0.4 is 15.8 Å². The Bertz CT molecular complexity index is 1010. The van der Waals surface area contributed by atoms with Gasteiger partial charge in [-0.15, -0.1) is 0 Å². The number of nitrogens with one attached hydrogen (secondary N) is 1. The minimum atomic E-state index is -0.430. The van der Waals surface area contributed by atoms with Crippen molar-refractivity contribution in [3.63, 3.8) is 0 Å². The van der Waals surface area contributed by atoms with E-state index in [1.165, 1.54) is 13.2 Å². The summed E-state index contributed by atoms with van der Waals surface area (Å²) in [5, 5.41) is 3.00. The summed E-state index contributed by atoms with van der Waals surface area (Å²) in [6.45, 7) is 0. The second kappa shape index (κ2) is 6.90. The number of carbonyl (C=O) groups is 1. The van der Waals surface area contributed by atoms with Gasteiger partial charge in [0.2, 0.25) is 0 Å². The highest BCUT2D eigenvalue weighted by atomic mass is 19.1. The second-order valence-corrected chi connectivity index (χ2v) is 6.73. The van der Waals surface area contributed by atoms with Crippen LogP contribution in [0.3, 0.4) is 0 Å². The number of amides is 1. The van der Waals surface area contributed by atoms with Crippen LogP contribution in [0.15, 0.2) is 36.5 Å². The van der Waals surface area contributed by atoms with E-state index in [1.54, 1.807) is 34.9 Å². The molecule has 1 aliphatic rings. The average molecular weight is 368 g/mol. The van der Waals surface area contributed by atoms with Crippen LogP contribution >= 0.6 is 0 Å². The van der Waals surface area contributed by atoms with E-state index in [-0.39, 0.29) is 23.5 Å². The number of hydrogen-bond donors (Lipinski definition) is 2. The standard InChI is InChI=1S/C20H21FN4O2/c1-27-15-10-4-9-14(21)16(15)13-8-5-11-25-18(22)17(24-19(13)25)20(26)23-12-6-2-3-7-12/h4-5,8-12H,2-3,6-7,22H2,1H3,(H,23,26). The fraction of sp³-hybridized carbons (Fsp3) is 0.300. The molecule has 3 aromatic rings. The number of nitrogens with two attached hydrogens (primary N) is 1. The highest BCUT2D eigenvalue weighted by Gasteiger charge is 2.24. The Labute approximate surface area is 156 Å². The molecule has 0 aliphatic heterocycles. The average Bonchev–Trinajstić information content (AvgIpc) is 3.29. The van der Waals surface area contributed by atoms with Gasteiger partial charge in [-0.3, -0.25) is 9.20 Å². The first-order valence-corrected chi connectivity index (χ1v) is 9.00. The first-order valence-electron chi connectivity index (χ1n) is 9.00. The van der Waals surface area contributed by atoms with Gasteiger partial charge in [-0.05, 0) is 37.1 Å².